The summed E-state index contributed by atoms with van der Waals surface area (Å²) in [6.07, 6.45) is 3.29. The number of rotatable bonds is 2. The van der Waals surface area contributed by atoms with E-state index in [4.69, 9.17) is 0 Å². The van der Waals surface area contributed by atoms with E-state index in [1.807, 2.05) is 12.1 Å². The van der Waals surface area contributed by atoms with E-state index in [2.05, 4.69) is 23.8 Å². The first kappa shape index (κ1) is 12.3. The van der Waals surface area contributed by atoms with Crippen LogP contribution in [0.1, 0.15) is 25.3 Å². The van der Waals surface area contributed by atoms with E-state index < -0.39 is 7.14 Å². The summed E-state index contributed by atoms with van der Waals surface area (Å²) < 4.78 is 12.5. The lowest BCUT2D eigenvalue weighted by Crippen LogP contribution is -2.13. The Hall–Kier alpha value is -1.21. The molecule has 0 aliphatic rings. The van der Waals surface area contributed by atoms with Gasteiger partial charge in [-0.05, 0) is 30.9 Å². The summed E-state index contributed by atoms with van der Waals surface area (Å²) in [4.78, 5) is 8.28. The summed E-state index contributed by atoms with van der Waals surface area (Å²) >= 11 is 0. The van der Waals surface area contributed by atoms with Gasteiger partial charge in [0, 0.05) is 16.9 Å². The van der Waals surface area contributed by atoms with Gasteiger partial charge in [0.15, 0.2) is 0 Å². The van der Waals surface area contributed by atoms with Crippen molar-refractivity contribution in [2.75, 3.05) is 13.3 Å². The molecule has 0 saturated heterocycles. The Morgan fingerprint density at radius 3 is 2.53 bits per heavy atom. The SMILES string of the molecule is CC(C)c1ccc2ncncc2c1P(C)(C)=O. The van der Waals surface area contributed by atoms with Crippen molar-refractivity contribution in [1.29, 1.82) is 0 Å². The summed E-state index contributed by atoms with van der Waals surface area (Å²) in [5, 5.41) is 1.86. The standard InChI is InChI=1S/C13H17N2OP/c1-9(2)10-5-6-12-11(7-14-8-15-12)13(10)17(3,4)16/h5-9H,1-4H3. The molecule has 4 heteroatoms. The zero-order valence-corrected chi connectivity index (χ0v) is 11.5. The molecule has 0 amide bonds. The van der Waals surface area contributed by atoms with E-state index in [1.165, 1.54) is 6.33 Å². The molecule has 1 heterocycles. The maximum absolute atomic E-state index is 12.5. The molecule has 1 aromatic carbocycles. The molecule has 2 aromatic rings. The van der Waals surface area contributed by atoms with Crippen LogP contribution in [0.15, 0.2) is 24.7 Å². The highest BCUT2D eigenvalue weighted by Gasteiger charge is 2.21. The van der Waals surface area contributed by atoms with Gasteiger partial charge in [0.1, 0.15) is 13.5 Å². The van der Waals surface area contributed by atoms with Crippen molar-refractivity contribution < 1.29 is 4.57 Å². The molecular formula is C13H17N2OP. The zero-order valence-electron chi connectivity index (χ0n) is 10.6. The van der Waals surface area contributed by atoms with Gasteiger partial charge in [-0.25, -0.2) is 9.97 Å². The van der Waals surface area contributed by atoms with E-state index in [1.54, 1.807) is 19.5 Å². The van der Waals surface area contributed by atoms with Crippen molar-refractivity contribution in [2.24, 2.45) is 0 Å². The molecule has 0 fully saturated rings. The van der Waals surface area contributed by atoms with Gasteiger partial charge in [0.25, 0.3) is 0 Å². The number of fused-ring (bicyclic) bond motifs is 1. The fraction of sp³-hybridized carbons (Fsp3) is 0.385. The van der Waals surface area contributed by atoms with Crippen LogP contribution in [0.2, 0.25) is 0 Å². The predicted molar refractivity (Wildman–Crippen MR) is 72.7 cm³/mol. The minimum absolute atomic E-state index is 0.350. The molecule has 3 nitrogen and oxygen atoms in total. The maximum Gasteiger partial charge on any atom is 0.116 e. The van der Waals surface area contributed by atoms with E-state index in [9.17, 15) is 4.57 Å². The minimum atomic E-state index is -2.34. The van der Waals surface area contributed by atoms with Crippen molar-refractivity contribution in [3.63, 3.8) is 0 Å². The second-order valence-corrected chi connectivity index (χ2v) is 8.11. The summed E-state index contributed by atoms with van der Waals surface area (Å²) in [6, 6.07) is 4.01. The molecule has 0 atom stereocenters. The van der Waals surface area contributed by atoms with Gasteiger partial charge in [-0.1, -0.05) is 19.9 Å². The number of benzene rings is 1. The molecule has 0 aliphatic heterocycles. The van der Waals surface area contributed by atoms with Crippen LogP contribution in [0.4, 0.5) is 0 Å². The first-order valence-electron chi connectivity index (χ1n) is 5.69. The van der Waals surface area contributed by atoms with Gasteiger partial charge in [-0.2, -0.15) is 0 Å². The Morgan fingerprint density at radius 2 is 1.94 bits per heavy atom. The van der Waals surface area contributed by atoms with Crippen LogP contribution in [0, 0.1) is 0 Å². The zero-order chi connectivity index (χ0) is 12.6. The van der Waals surface area contributed by atoms with Crippen LogP contribution in [-0.4, -0.2) is 23.3 Å². The first-order valence-corrected chi connectivity index (χ1v) is 8.29. The van der Waals surface area contributed by atoms with Crippen LogP contribution in [0.3, 0.4) is 0 Å². The molecule has 0 aliphatic carbocycles. The van der Waals surface area contributed by atoms with Crippen molar-refractivity contribution >= 4 is 23.3 Å². The molecule has 0 spiro atoms. The Balaban J connectivity index is 2.90. The van der Waals surface area contributed by atoms with Gasteiger partial charge in [-0.15, -0.1) is 0 Å². The van der Waals surface area contributed by atoms with Crippen molar-refractivity contribution in [3.8, 4) is 0 Å². The molecule has 0 bridgehead atoms. The molecule has 0 unspecified atom stereocenters. The largest absolute Gasteiger partial charge is 0.319 e. The third-order valence-electron chi connectivity index (χ3n) is 2.85. The molecule has 2 rings (SSSR count). The van der Waals surface area contributed by atoms with Crippen molar-refractivity contribution in [2.45, 2.75) is 19.8 Å². The van der Waals surface area contributed by atoms with Gasteiger partial charge in [0.2, 0.25) is 0 Å². The second-order valence-electron chi connectivity index (χ2n) is 4.96. The fourth-order valence-corrected chi connectivity index (χ4v) is 3.83. The van der Waals surface area contributed by atoms with Gasteiger partial charge >= 0.3 is 0 Å². The third-order valence-corrected chi connectivity index (χ3v) is 4.43. The average Bonchev–Trinajstić information content (AvgIpc) is 2.26. The van der Waals surface area contributed by atoms with Crippen LogP contribution in [0.25, 0.3) is 10.9 Å². The monoisotopic (exact) mass is 248 g/mol. The van der Waals surface area contributed by atoms with E-state index >= 15 is 0 Å². The normalized spacial score (nSPS) is 12.3. The van der Waals surface area contributed by atoms with Crippen molar-refractivity contribution in [1.82, 2.24) is 9.97 Å². The summed E-state index contributed by atoms with van der Waals surface area (Å²) in [5.41, 5.74) is 2.00. The molecule has 90 valence electrons. The smallest absolute Gasteiger partial charge is 0.116 e. The lowest BCUT2D eigenvalue weighted by Gasteiger charge is -2.18. The lowest BCUT2D eigenvalue weighted by atomic mass is 10.0. The van der Waals surface area contributed by atoms with Crippen LogP contribution in [0.5, 0.6) is 0 Å². The van der Waals surface area contributed by atoms with E-state index in [0.717, 1.165) is 21.8 Å². The fourth-order valence-electron chi connectivity index (χ4n) is 2.12. The first-order chi connectivity index (χ1) is 7.91. The van der Waals surface area contributed by atoms with Crippen LogP contribution < -0.4 is 5.30 Å². The van der Waals surface area contributed by atoms with Crippen LogP contribution >= 0.6 is 7.14 Å². The molecule has 0 N–H and O–H groups in total. The maximum atomic E-state index is 12.5. The van der Waals surface area contributed by atoms with Crippen molar-refractivity contribution in [3.05, 3.63) is 30.2 Å². The Kier molecular flexibility index (Phi) is 3.05. The number of hydrogen-bond donors (Lipinski definition) is 0. The molecule has 0 saturated carbocycles. The van der Waals surface area contributed by atoms with E-state index in [0.29, 0.717) is 5.92 Å². The molecule has 1 aromatic heterocycles. The lowest BCUT2D eigenvalue weighted by molar-refractivity contribution is 0.588. The summed E-state index contributed by atoms with van der Waals surface area (Å²) in [6.45, 7) is 7.84. The Bertz CT molecular complexity index is 601. The van der Waals surface area contributed by atoms with Gasteiger partial charge in [-0.3, -0.25) is 0 Å². The van der Waals surface area contributed by atoms with Gasteiger partial charge < -0.3 is 4.57 Å². The molecule has 0 radical (unpaired) electrons. The predicted octanol–water partition coefficient (Wildman–Crippen LogP) is 3.00. The quantitative estimate of drug-likeness (QED) is 0.767. The topological polar surface area (TPSA) is 42.9 Å². The second kappa shape index (κ2) is 4.23. The van der Waals surface area contributed by atoms with Crippen LogP contribution in [-0.2, 0) is 4.57 Å². The highest BCUT2D eigenvalue weighted by atomic mass is 31.2. The summed E-state index contributed by atoms with van der Waals surface area (Å²) in [7, 11) is -2.34. The highest BCUT2D eigenvalue weighted by Crippen LogP contribution is 2.40. The highest BCUT2D eigenvalue weighted by molar-refractivity contribution is 7.70. The Morgan fingerprint density at radius 1 is 1.24 bits per heavy atom. The molecule has 17 heavy (non-hydrogen) atoms. The molecular weight excluding hydrogens is 231 g/mol. The summed E-state index contributed by atoms with van der Waals surface area (Å²) in [5.74, 6) is 0.350. The number of aromatic nitrogens is 2. The Labute approximate surface area is 102 Å². The average molecular weight is 248 g/mol. The number of hydrogen-bond acceptors (Lipinski definition) is 3. The third kappa shape index (κ3) is 2.25. The number of nitrogens with zero attached hydrogens (tertiary/aromatic N) is 2. The van der Waals surface area contributed by atoms with E-state index in [-0.39, 0.29) is 0 Å². The minimum Gasteiger partial charge on any atom is -0.319 e. The van der Waals surface area contributed by atoms with Gasteiger partial charge in [0.05, 0.1) is 5.52 Å².